The zero-order valence-electron chi connectivity index (χ0n) is 19.2. The molecule has 178 valence electrons. The van der Waals surface area contributed by atoms with Crippen LogP contribution in [0.15, 0.2) is 41.3 Å². The Morgan fingerprint density at radius 1 is 1.03 bits per heavy atom. The predicted molar refractivity (Wildman–Crippen MR) is 124 cm³/mol. The molecule has 0 atom stereocenters. The number of ether oxygens (including phenoxy) is 2. The van der Waals surface area contributed by atoms with Gasteiger partial charge in [0.15, 0.2) is 11.5 Å². The van der Waals surface area contributed by atoms with Gasteiger partial charge in [-0.25, -0.2) is 8.42 Å². The van der Waals surface area contributed by atoms with E-state index in [0.29, 0.717) is 35.6 Å². The van der Waals surface area contributed by atoms with Crippen LogP contribution in [0.25, 0.3) is 0 Å². The van der Waals surface area contributed by atoms with Gasteiger partial charge >= 0.3 is 0 Å². The maximum Gasteiger partial charge on any atom is 0.253 e. The van der Waals surface area contributed by atoms with Crippen molar-refractivity contribution in [2.45, 2.75) is 24.7 Å². The molecular weight excluding hydrogens is 446 g/mol. The normalized spacial score (nSPS) is 15.0. The molecular formula is C23H29N3O6S. The molecule has 0 aromatic heterocycles. The number of hydrogen-bond donors (Lipinski definition) is 2. The molecule has 0 saturated carbocycles. The second-order valence-corrected chi connectivity index (χ2v) is 9.70. The summed E-state index contributed by atoms with van der Waals surface area (Å²) in [6, 6.07) is 9.73. The largest absolute Gasteiger partial charge is 0.493 e. The summed E-state index contributed by atoms with van der Waals surface area (Å²) < 4.78 is 38.0. The lowest BCUT2D eigenvalue weighted by atomic mass is 9.96. The first-order valence-corrected chi connectivity index (χ1v) is 12.0. The number of anilines is 1. The van der Waals surface area contributed by atoms with Gasteiger partial charge in [-0.15, -0.1) is 0 Å². The van der Waals surface area contributed by atoms with E-state index in [4.69, 9.17) is 9.47 Å². The molecule has 3 rings (SSSR count). The lowest BCUT2D eigenvalue weighted by molar-refractivity contribution is -0.120. The third kappa shape index (κ3) is 5.12. The molecule has 2 aromatic rings. The molecule has 1 saturated heterocycles. The molecule has 0 unspecified atom stereocenters. The van der Waals surface area contributed by atoms with Crippen molar-refractivity contribution in [3.63, 3.8) is 0 Å². The highest BCUT2D eigenvalue weighted by Gasteiger charge is 2.33. The number of aryl methyl sites for hydroxylation is 1. The molecule has 1 fully saturated rings. The number of carbonyl (C=O) groups is 2. The van der Waals surface area contributed by atoms with Crippen molar-refractivity contribution in [2.75, 3.05) is 39.7 Å². The summed E-state index contributed by atoms with van der Waals surface area (Å²) in [5, 5.41) is 5.44. The van der Waals surface area contributed by atoms with Crippen LogP contribution in [0.3, 0.4) is 0 Å². The summed E-state index contributed by atoms with van der Waals surface area (Å²) in [6.45, 7) is 2.23. The van der Waals surface area contributed by atoms with Crippen LogP contribution < -0.4 is 20.1 Å². The van der Waals surface area contributed by atoms with Gasteiger partial charge < -0.3 is 20.1 Å². The third-order valence-corrected chi connectivity index (χ3v) is 7.70. The van der Waals surface area contributed by atoms with E-state index in [1.807, 2.05) is 0 Å². The highest BCUT2D eigenvalue weighted by molar-refractivity contribution is 7.89. The average Bonchev–Trinajstić information content (AvgIpc) is 2.83. The van der Waals surface area contributed by atoms with Crippen molar-refractivity contribution < 1.29 is 27.5 Å². The van der Waals surface area contributed by atoms with E-state index in [0.717, 1.165) is 5.56 Å². The Balaban J connectivity index is 1.69. The summed E-state index contributed by atoms with van der Waals surface area (Å²) in [6.07, 6.45) is 0.749. The predicted octanol–water partition coefficient (Wildman–Crippen LogP) is 2.41. The average molecular weight is 476 g/mol. The van der Waals surface area contributed by atoms with Crippen molar-refractivity contribution in [1.82, 2.24) is 9.62 Å². The zero-order valence-corrected chi connectivity index (χ0v) is 20.0. The van der Waals surface area contributed by atoms with Gasteiger partial charge in [-0.05, 0) is 43.5 Å². The summed E-state index contributed by atoms with van der Waals surface area (Å²) in [5.41, 5.74) is 1.62. The number of amides is 2. The molecule has 0 radical (unpaired) electrons. The number of sulfonamides is 1. The van der Waals surface area contributed by atoms with Crippen LogP contribution in [0.5, 0.6) is 11.5 Å². The van der Waals surface area contributed by atoms with Crippen LogP contribution in [0.2, 0.25) is 0 Å². The van der Waals surface area contributed by atoms with Crippen molar-refractivity contribution in [3.05, 3.63) is 47.5 Å². The number of nitrogens with one attached hydrogen (secondary N) is 2. The zero-order chi connectivity index (χ0) is 24.2. The number of rotatable bonds is 7. The van der Waals surface area contributed by atoms with E-state index in [2.05, 4.69) is 10.6 Å². The van der Waals surface area contributed by atoms with E-state index in [1.54, 1.807) is 31.2 Å². The Hall–Kier alpha value is -3.11. The molecule has 9 nitrogen and oxygen atoms in total. The van der Waals surface area contributed by atoms with Gasteiger partial charge in [0.2, 0.25) is 15.9 Å². The van der Waals surface area contributed by atoms with E-state index in [9.17, 15) is 18.0 Å². The number of carbonyl (C=O) groups excluding carboxylic acids is 2. The fourth-order valence-electron chi connectivity index (χ4n) is 3.92. The third-order valence-electron chi connectivity index (χ3n) is 5.80. The number of hydrogen-bond acceptors (Lipinski definition) is 6. The number of benzene rings is 2. The SMILES string of the molecule is CNC(=O)c1c(C)cccc1NC(=O)C1CCN(S(=O)(=O)c2ccc(OC)c(OC)c2)CC1. The first kappa shape index (κ1) is 24.5. The van der Waals surface area contributed by atoms with E-state index >= 15 is 0 Å². The number of piperidine rings is 1. The molecule has 1 heterocycles. The minimum Gasteiger partial charge on any atom is -0.493 e. The minimum absolute atomic E-state index is 0.109. The lowest BCUT2D eigenvalue weighted by Crippen LogP contribution is -2.41. The van der Waals surface area contributed by atoms with Gasteiger partial charge in [0.1, 0.15) is 0 Å². The minimum atomic E-state index is -3.74. The highest BCUT2D eigenvalue weighted by Crippen LogP contribution is 2.32. The number of methoxy groups -OCH3 is 2. The van der Waals surface area contributed by atoms with Gasteiger partial charge in [0.05, 0.1) is 30.4 Å². The molecule has 0 aliphatic carbocycles. The molecule has 1 aliphatic heterocycles. The van der Waals surface area contributed by atoms with Crippen molar-refractivity contribution in [1.29, 1.82) is 0 Å². The van der Waals surface area contributed by atoms with E-state index in [-0.39, 0.29) is 35.7 Å². The Morgan fingerprint density at radius 3 is 2.30 bits per heavy atom. The van der Waals surface area contributed by atoms with Crippen LogP contribution in [-0.4, -0.2) is 58.9 Å². The summed E-state index contributed by atoms with van der Waals surface area (Å²) in [4.78, 5) is 25.2. The lowest BCUT2D eigenvalue weighted by Gasteiger charge is -2.30. The van der Waals surface area contributed by atoms with Crippen molar-refractivity contribution in [3.8, 4) is 11.5 Å². The molecule has 2 amide bonds. The molecule has 2 aromatic carbocycles. The summed E-state index contributed by atoms with van der Waals surface area (Å²) >= 11 is 0. The maximum absolute atomic E-state index is 13.1. The van der Waals surface area contributed by atoms with Gasteiger partial charge in [-0.3, -0.25) is 9.59 Å². The van der Waals surface area contributed by atoms with Gasteiger partial charge in [0.25, 0.3) is 5.91 Å². The standard InChI is InChI=1S/C23H29N3O6S/c1-15-6-5-7-18(21(15)23(28)24-2)25-22(27)16-10-12-26(13-11-16)33(29,30)17-8-9-19(31-3)20(14-17)32-4/h5-9,14,16H,10-13H2,1-4H3,(H,24,28)(H,25,27). The fraction of sp³-hybridized carbons (Fsp3) is 0.391. The molecule has 1 aliphatic rings. The first-order valence-electron chi connectivity index (χ1n) is 10.6. The topological polar surface area (TPSA) is 114 Å². The smallest absolute Gasteiger partial charge is 0.253 e. The van der Waals surface area contributed by atoms with Crippen LogP contribution >= 0.6 is 0 Å². The molecule has 0 spiro atoms. The number of nitrogens with zero attached hydrogens (tertiary/aromatic N) is 1. The monoisotopic (exact) mass is 475 g/mol. The van der Waals surface area contributed by atoms with Crippen LogP contribution in [0.4, 0.5) is 5.69 Å². The van der Waals surface area contributed by atoms with Crippen molar-refractivity contribution in [2.24, 2.45) is 5.92 Å². The second kappa shape index (κ2) is 10.2. The van der Waals surface area contributed by atoms with E-state index < -0.39 is 10.0 Å². The van der Waals surface area contributed by atoms with Gasteiger partial charge in [-0.2, -0.15) is 4.31 Å². The Labute approximate surface area is 194 Å². The highest BCUT2D eigenvalue weighted by atomic mass is 32.2. The van der Waals surface area contributed by atoms with Crippen molar-refractivity contribution >= 4 is 27.5 Å². The van der Waals surface area contributed by atoms with Gasteiger partial charge in [-0.1, -0.05) is 12.1 Å². The fourth-order valence-corrected chi connectivity index (χ4v) is 5.40. The van der Waals surface area contributed by atoms with Crippen LogP contribution in [0, 0.1) is 12.8 Å². The first-order chi connectivity index (χ1) is 15.7. The van der Waals surface area contributed by atoms with Crippen LogP contribution in [0.1, 0.15) is 28.8 Å². The van der Waals surface area contributed by atoms with Crippen LogP contribution in [-0.2, 0) is 14.8 Å². The molecule has 33 heavy (non-hydrogen) atoms. The maximum atomic E-state index is 13.1. The molecule has 2 N–H and O–H groups in total. The summed E-state index contributed by atoms with van der Waals surface area (Å²) in [5.74, 6) is -0.0925. The Kier molecular flexibility index (Phi) is 7.60. The Morgan fingerprint density at radius 2 is 1.70 bits per heavy atom. The second-order valence-electron chi connectivity index (χ2n) is 7.76. The summed E-state index contributed by atoms with van der Waals surface area (Å²) in [7, 11) is 0.724. The van der Waals surface area contributed by atoms with Gasteiger partial charge in [0, 0.05) is 32.1 Å². The quantitative estimate of drug-likeness (QED) is 0.636. The van der Waals surface area contributed by atoms with E-state index in [1.165, 1.54) is 37.7 Å². The molecule has 10 heteroatoms. The Bertz CT molecular complexity index is 1140. The molecule has 0 bridgehead atoms.